The lowest BCUT2D eigenvalue weighted by molar-refractivity contribution is 0.257. The standard InChI is InChI=1S/C20H23N3O/c24-20(23-15-12-16-6-2-3-7-19(16)23)21-17-8-10-18(11-9-17)22-13-4-1-5-14-22/h2-3,6-11H,1,4-5,12-15H2,(H,21,24). The van der Waals surface area contributed by atoms with E-state index < -0.39 is 0 Å². The maximum Gasteiger partial charge on any atom is 0.326 e. The normalized spacial score (nSPS) is 16.8. The first-order valence-corrected chi connectivity index (χ1v) is 8.83. The SMILES string of the molecule is O=C(Nc1ccc(N2CCCCC2)cc1)N1CCc2ccccc21. The van der Waals surface area contributed by atoms with Crippen LogP contribution in [0.15, 0.2) is 48.5 Å². The zero-order valence-electron chi connectivity index (χ0n) is 13.9. The van der Waals surface area contributed by atoms with Gasteiger partial charge < -0.3 is 10.2 Å². The van der Waals surface area contributed by atoms with Crippen molar-refractivity contribution in [2.45, 2.75) is 25.7 Å². The van der Waals surface area contributed by atoms with E-state index in [-0.39, 0.29) is 6.03 Å². The molecule has 0 aromatic heterocycles. The second-order valence-corrected chi connectivity index (χ2v) is 6.56. The number of urea groups is 1. The third-order valence-corrected chi connectivity index (χ3v) is 4.97. The number of nitrogens with one attached hydrogen (secondary N) is 1. The zero-order chi connectivity index (χ0) is 16.4. The molecule has 1 fully saturated rings. The number of hydrogen-bond donors (Lipinski definition) is 1. The lowest BCUT2D eigenvalue weighted by Crippen LogP contribution is -2.33. The Balaban J connectivity index is 1.43. The second-order valence-electron chi connectivity index (χ2n) is 6.56. The fraction of sp³-hybridized carbons (Fsp3) is 0.350. The third kappa shape index (κ3) is 2.96. The largest absolute Gasteiger partial charge is 0.372 e. The summed E-state index contributed by atoms with van der Waals surface area (Å²) >= 11 is 0. The zero-order valence-corrected chi connectivity index (χ0v) is 13.9. The van der Waals surface area contributed by atoms with Crippen LogP contribution in [0.25, 0.3) is 0 Å². The molecule has 2 amide bonds. The Morgan fingerprint density at radius 2 is 1.62 bits per heavy atom. The van der Waals surface area contributed by atoms with E-state index in [1.807, 2.05) is 35.2 Å². The van der Waals surface area contributed by atoms with Gasteiger partial charge >= 0.3 is 6.03 Å². The van der Waals surface area contributed by atoms with Crippen LogP contribution in [0.2, 0.25) is 0 Å². The van der Waals surface area contributed by atoms with E-state index in [1.54, 1.807) is 0 Å². The average molecular weight is 321 g/mol. The van der Waals surface area contributed by atoms with Gasteiger partial charge in [0.2, 0.25) is 0 Å². The van der Waals surface area contributed by atoms with Gasteiger partial charge in [0, 0.05) is 36.7 Å². The van der Waals surface area contributed by atoms with Crippen molar-refractivity contribution >= 4 is 23.1 Å². The number of piperidine rings is 1. The third-order valence-electron chi connectivity index (χ3n) is 4.97. The van der Waals surface area contributed by atoms with Crippen molar-refractivity contribution in [2.24, 2.45) is 0 Å². The summed E-state index contributed by atoms with van der Waals surface area (Å²) in [5, 5.41) is 3.02. The van der Waals surface area contributed by atoms with Gasteiger partial charge in [0.05, 0.1) is 0 Å². The van der Waals surface area contributed by atoms with Crippen LogP contribution in [0.3, 0.4) is 0 Å². The van der Waals surface area contributed by atoms with Crippen molar-refractivity contribution in [3.63, 3.8) is 0 Å². The highest BCUT2D eigenvalue weighted by atomic mass is 16.2. The maximum absolute atomic E-state index is 12.6. The van der Waals surface area contributed by atoms with E-state index in [4.69, 9.17) is 0 Å². The molecule has 2 aromatic carbocycles. The van der Waals surface area contributed by atoms with E-state index >= 15 is 0 Å². The van der Waals surface area contributed by atoms with E-state index in [2.05, 4.69) is 28.4 Å². The molecule has 124 valence electrons. The molecule has 1 saturated heterocycles. The first kappa shape index (κ1) is 15.1. The van der Waals surface area contributed by atoms with Crippen molar-refractivity contribution < 1.29 is 4.79 Å². The summed E-state index contributed by atoms with van der Waals surface area (Å²) in [6.45, 7) is 3.02. The Bertz CT molecular complexity index is 720. The van der Waals surface area contributed by atoms with Crippen LogP contribution < -0.4 is 15.1 Å². The molecular weight excluding hydrogens is 298 g/mol. The minimum atomic E-state index is -0.0503. The number of para-hydroxylation sites is 1. The molecule has 0 radical (unpaired) electrons. The quantitative estimate of drug-likeness (QED) is 0.896. The van der Waals surface area contributed by atoms with Crippen LogP contribution >= 0.6 is 0 Å². The van der Waals surface area contributed by atoms with Gasteiger partial charge in [0.25, 0.3) is 0 Å². The number of rotatable bonds is 2. The lowest BCUT2D eigenvalue weighted by Gasteiger charge is -2.29. The highest BCUT2D eigenvalue weighted by Crippen LogP contribution is 2.28. The highest BCUT2D eigenvalue weighted by molar-refractivity contribution is 6.03. The maximum atomic E-state index is 12.6. The van der Waals surface area contributed by atoms with Gasteiger partial charge in [-0.2, -0.15) is 0 Å². The van der Waals surface area contributed by atoms with E-state index in [9.17, 15) is 4.79 Å². The van der Waals surface area contributed by atoms with Gasteiger partial charge in [0.15, 0.2) is 0 Å². The van der Waals surface area contributed by atoms with Crippen LogP contribution in [0.1, 0.15) is 24.8 Å². The molecule has 2 aliphatic rings. The molecule has 0 spiro atoms. The van der Waals surface area contributed by atoms with Crippen LogP contribution in [-0.4, -0.2) is 25.7 Å². The van der Waals surface area contributed by atoms with Crippen molar-refractivity contribution in [2.75, 3.05) is 34.8 Å². The van der Waals surface area contributed by atoms with Crippen LogP contribution in [0.5, 0.6) is 0 Å². The smallest absolute Gasteiger partial charge is 0.326 e. The highest BCUT2D eigenvalue weighted by Gasteiger charge is 2.24. The molecule has 4 heteroatoms. The molecule has 4 rings (SSSR count). The fourth-order valence-corrected chi connectivity index (χ4v) is 3.65. The monoisotopic (exact) mass is 321 g/mol. The van der Waals surface area contributed by atoms with Gasteiger partial charge in [0.1, 0.15) is 0 Å². The summed E-state index contributed by atoms with van der Waals surface area (Å²) in [4.78, 5) is 16.8. The number of carbonyl (C=O) groups excluding carboxylic acids is 1. The fourth-order valence-electron chi connectivity index (χ4n) is 3.65. The minimum Gasteiger partial charge on any atom is -0.372 e. The number of amides is 2. The number of benzene rings is 2. The number of hydrogen-bond acceptors (Lipinski definition) is 2. The summed E-state index contributed by atoms with van der Waals surface area (Å²) in [5.41, 5.74) is 4.37. The summed E-state index contributed by atoms with van der Waals surface area (Å²) < 4.78 is 0. The van der Waals surface area contributed by atoms with E-state index in [0.717, 1.165) is 37.4 Å². The summed E-state index contributed by atoms with van der Waals surface area (Å²) in [6.07, 6.45) is 4.80. The molecule has 24 heavy (non-hydrogen) atoms. The molecule has 1 N–H and O–H groups in total. The van der Waals surface area contributed by atoms with Crippen LogP contribution in [0.4, 0.5) is 21.9 Å². The number of anilines is 3. The second kappa shape index (κ2) is 6.56. The Morgan fingerprint density at radius 1 is 0.875 bits per heavy atom. The van der Waals surface area contributed by atoms with Gasteiger partial charge in [-0.3, -0.25) is 4.90 Å². The van der Waals surface area contributed by atoms with E-state index in [0.29, 0.717) is 0 Å². The van der Waals surface area contributed by atoms with Crippen LogP contribution in [-0.2, 0) is 6.42 Å². The van der Waals surface area contributed by atoms with Gasteiger partial charge in [-0.1, -0.05) is 18.2 Å². The lowest BCUT2D eigenvalue weighted by atomic mass is 10.1. The van der Waals surface area contributed by atoms with Crippen LogP contribution in [0, 0.1) is 0 Å². The van der Waals surface area contributed by atoms with Gasteiger partial charge in [-0.25, -0.2) is 4.79 Å². The number of carbonyl (C=O) groups is 1. The molecular formula is C20H23N3O. The van der Waals surface area contributed by atoms with Crippen molar-refractivity contribution in [1.82, 2.24) is 0 Å². The molecule has 0 unspecified atom stereocenters. The number of nitrogens with zero attached hydrogens (tertiary/aromatic N) is 2. The molecule has 0 atom stereocenters. The summed E-state index contributed by atoms with van der Waals surface area (Å²) in [5.74, 6) is 0. The van der Waals surface area contributed by atoms with Crippen molar-refractivity contribution in [1.29, 1.82) is 0 Å². The summed E-state index contributed by atoms with van der Waals surface area (Å²) in [7, 11) is 0. The first-order valence-electron chi connectivity index (χ1n) is 8.83. The molecule has 2 aliphatic heterocycles. The van der Waals surface area contributed by atoms with Crippen molar-refractivity contribution in [3.8, 4) is 0 Å². The molecule has 0 bridgehead atoms. The molecule has 2 heterocycles. The Labute approximate surface area is 143 Å². The molecule has 0 saturated carbocycles. The van der Waals surface area contributed by atoms with Gasteiger partial charge in [-0.15, -0.1) is 0 Å². The minimum absolute atomic E-state index is 0.0503. The predicted molar refractivity (Wildman–Crippen MR) is 99.0 cm³/mol. The number of fused-ring (bicyclic) bond motifs is 1. The average Bonchev–Trinajstić information content (AvgIpc) is 3.07. The summed E-state index contributed by atoms with van der Waals surface area (Å²) in [6, 6.07) is 16.3. The van der Waals surface area contributed by atoms with Gasteiger partial charge in [-0.05, 0) is 61.6 Å². The Kier molecular flexibility index (Phi) is 4.11. The predicted octanol–water partition coefficient (Wildman–Crippen LogP) is 4.27. The Morgan fingerprint density at radius 3 is 2.42 bits per heavy atom. The molecule has 4 nitrogen and oxygen atoms in total. The van der Waals surface area contributed by atoms with E-state index in [1.165, 1.54) is 30.5 Å². The topological polar surface area (TPSA) is 35.6 Å². The Hall–Kier alpha value is -2.49. The molecule has 0 aliphatic carbocycles. The first-order chi connectivity index (χ1) is 11.8. The van der Waals surface area contributed by atoms with Crippen molar-refractivity contribution in [3.05, 3.63) is 54.1 Å². The molecule has 2 aromatic rings.